The van der Waals surface area contributed by atoms with E-state index in [2.05, 4.69) is 27.7 Å². The molecule has 0 aliphatic rings. The van der Waals surface area contributed by atoms with Gasteiger partial charge in [-0.2, -0.15) is 0 Å². The van der Waals surface area contributed by atoms with Gasteiger partial charge in [0.25, 0.3) is 0 Å². The Balaban J connectivity index is 4.24. The van der Waals surface area contributed by atoms with Crippen molar-refractivity contribution in [2.45, 2.75) is 66.8 Å². The summed E-state index contributed by atoms with van der Waals surface area (Å²) in [5, 5.41) is 10.0. The lowest BCUT2D eigenvalue weighted by molar-refractivity contribution is -0.0898. The molecule has 0 fully saturated rings. The average Bonchev–Trinajstić information content (AvgIpc) is 1.98. The Labute approximate surface area is 88.7 Å². The third-order valence-corrected chi connectivity index (χ3v) is 2.85. The van der Waals surface area contributed by atoms with Crippen LogP contribution in [0.3, 0.4) is 0 Å². The van der Waals surface area contributed by atoms with Crippen LogP contribution in [-0.2, 0) is 4.74 Å². The maximum atomic E-state index is 10.0. The van der Waals surface area contributed by atoms with Gasteiger partial charge in [0.2, 0.25) is 0 Å². The first-order valence-electron chi connectivity index (χ1n) is 5.49. The van der Waals surface area contributed by atoms with Crippen molar-refractivity contribution in [1.82, 2.24) is 0 Å². The summed E-state index contributed by atoms with van der Waals surface area (Å²) in [5.74, 6) is 0.233. The predicted molar refractivity (Wildman–Crippen MR) is 60.3 cm³/mol. The summed E-state index contributed by atoms with van der Waals surface area (Å²) in [7, 11) is 0. The monoisotopic (exact) mass is 202 g/mol. The summed E-state index contributed by atoms with van der Waals surface area (Å²) in [6, 6.07) is 0. The minimum absolute atomic E-state index is 0.0933. The maximum Gasteiger partial charge on any atom is 0.0829 e. The van der Waals surface area contributed by atoms with Gasteiger partial charge in [0.15, 0.2) is 0 Å². The molecule has 0 aliphatic heterocycles. The predicted octanol–water partition coefficient (Wildman–Crippen LogP) is 2.84. The fourth-order valence-electron chi connectivity index (χ4n) is 1.43. The molecule has 1 N–H and O–H groups in total. The fourth-order valence-corrected chi connectivity index (χ4v) is 1.43. The van der Waals surface area contributed by atoms with Gasteiger partial charge in [-0.05, 0) is 32.1 Å². The van der Waals surface area contributed by atoms with Crippen molar-refractivity contribution in [2.24, 2.45) is 11.3 Å². The highest BCUT2D eigenvalue weighted by Gasteiger charge is 2.31. The van der Waals surface area contributed by atoms with Gasteiger partial charge in [-0.25, -0.2) is 0 Å². The molecular weight excluding hydrogens is 176 g/mol. The molecule has 0 aromatic rings. The van der Waals surface area contributed by atoms with Crippen molar-refractivity contribution in [2.75, 3.05) is 0 Å². The smallest absolute Gasteiger partial charge is 0.0829 e. The van der Waals surface area contributed by atoms with Crippen LogP contribution >= 0.6 is 0 Å². The Hall–Kier alpha value is -0.0800. The van der Waals surface area contributed by atoms with Crippen molar-refractivity contribution >= 4 is 0 Å². The molecule has 14 heavy (non-hydrogen) atoms. The summed E-state index contributed by atoms with van der Waals surface area (Å²) in [6.45, 7) is 14.4. The molecular formula is C12H26O2. The molecule has 3 atom stereocenters. The van der Waals surface area contributed by atoms with Crippen molar-refractivity contribution < 1.29 is 9.84 Å². The molecule has 0 heterocycles. The minimum atomic E-state index is -0.391. The van der Waals surface area contributed by atoms with E-state index in [-0.39, 0.29) is 23.5 Å². The number of aliphatic hydroxyl groups excluding tert-OH is 1. The highest BCUT2D eigenvalue weighted by atomic mass is 16.5. The Morgan fingerprint density at radius 2 is 1.43 bits per heavy atom. The first-order valence-corrected chi connectivity index (χ1v) is 5.49. The van der Waals surface area contributed by atoms with Gasteiger partial charge in [-0.1, -0.05) is 27.7 Å². The van der Waals surface area contributed by atoms with E-state index >= 15 is 0 Å². The van der Waals surface area contributed by atoms with E-state index in [1.807, 2.05) is 20.8 Å². The summed E-state index contributed by atoms with van der Waals surface area (Å²) < 4.78 is 5.58. The fraction of sp³-hybridized carbons (Fsp3) is 1.00. The molecule has 86 valence electrons. The maximum absolute atomic E-state index is 10.0. The van der Waals surface area contributed by atoms with Crippen LogP contribution < -0.4 is 0 Å². The normalized spacial score (nSPS) is 19.5. The Morgan fingerprint density at radius 1 is 1.00 bits per heavy atom. The van der Waals surface area contributed by atoms with Crippen molar-refractivity contribution in [3.63, 3.8) is 0 Å². The molecule has 0 saturated carbocycles. The second-order valence-electron chi connectivity index (χ2n) is 5.54. The van der Waals surface area contributed by atoms with E-state index in [4.69, 9.17) is 4.74 Å². The third kappa shape index (κ3) is 4.43. The van der Waals surface area contributed by atoms with E-state index in [0.717, 1.165) is 0 Å². The molecule has 2 heteroatoms. The zero-order chi connectivity index (χ0) is 11.5. The molecule has 0 amide bonds. The van der Waals surface area contributed by atoms with Crippen molar-refractivity contribution in [3.05, 3.63) is 0 Å². The molecule has 0 rings (SSSR count). The molecule has 0 aromatic carbocycles. The van der Waals surface area contributed by atoms with Crippen LogP contribution in [0.15, 0.2) is 0 Å². The van der Waals surface area contributed by atoms with Crippen LogP contribution in [0.2, 0.25) is 0 Å². The molecule has 0 aliphatic carbocycles. The third-order valence-electron chi connectivity index (χ3n) is 2.85. The SMILES string of the molecule is CC(C)OC(C)C(O)C(C)C(C)(C)C. The summed E-state index contributed by atoms with van der Waals surface area (Å²) in [4.78, 5) is 0. The van der Waals surface area contributed by atoms with E-state index in [9.17, 15) is 5.11 Å². The van der Waals surface area contributed by atoms with E-state index in [1.165, 1.54) is 0 Å². The molecule has 0 spiro atoms. The molecule has 0 saturated heterocycles. The largest absolute Gasteiger partial charge is 0.390 e. The zero-order valence-electron chi connectivity index (χ0n) is 10.7. The topological polar surface area (TPSA) is 29.5 Å². The van der Waals surface area contributed by atoms with Crippen LogP contribution in [0.25, 0.3) is 0 Å². The Kier molecular flexibility index (Phi) is 5.10. The lowest BCUT2D eigenvalue weighted by atomic mass is 9.77. The number of hydrogen-bond donors (Lipinski definition) is 1. The second kappa shape index (κ2) is 5.13. The number of ether oxygens (including phenoxy) is 1. The van der Waals surface area contributed by atoms with Crippen LogP contribution in [0, 0.1) is 11.3 Å². The lowest BCUT2D eigenvalue weighted by Crippen LogP contribution is -2.39. The Bertz CT molecular complexity index is 158. The van der Waals surface area contributed by atoms with Gasteiger partial charge < -0.3 is 9.84 Å². The average molecular weight is 202 g/mol. The number of rotatable bonds is 4. The first-order chi connectivity index (χ1) is 6.16. The molecule has 0 bridgehead atoms. The van der Waals surface area contributed by atoms with E-state index in [0.29, 0.717) is 0 Å². The lowest BCUT2D eigenvalue weighted by Gasteiger charge is -2.35. The Morgan fingerprint density at radius 3 is 1.71 bits per heavy atom. The summed E-state index contributed by atoms with van der Waals surface area (Å²) in [6.07, 6.45) is -0.312. The number of aliphatic hydroxyl groups is 1. The van der Waals surface area contributed by atoms with Gasteiger partial charge in [-0.15, -0.1) is 0 Å². The second-order valence-corrected chi connectivity index (χ2v) is 5.54. The molecule has 0 aromatic heterocycles. The number of hydrogen-bond acceptors (Lipinski definition) is 2. The van der Waals surface area contributed by atoms with Crippen molar-refractivity contribution in [3.8, 4) is 0 Å². The zero-order valence-corrected chi connectivity index (χ0v) is 10.7. The molecule has 0 radical (unpaired) electrons. The van der Waals surface area contributed by atoms with Gasteiger partial charge in [-0.3, -0.25) is 0 Å². The highest BCUT2D eigenvalue weighted by Crippen LogP contribution is 2.30. The van der Waals surface area contributed by atoms with Gasteiger partial charge in [0, 0.05) is 0 Å². The van der Waals surface area contributed by atoms with Gasteiger partial charge in [0.1, 0.15) is 0 Å². The quantitative estimate of drug-likeness (QED) is 0.759. The molecule has 2 nitrogen and oxygen atoms in total. The van der Waals surface area contributed by atoms with Gasteiger partial charge in [0.05, 0.1) is 18.3 Å². The summed E-state index contributed by atoms with van der Waals surface area (Å²) in [5.41, 5.74) is 0.119. The molecule has 3 unspecified atom stereocenters. The van der Waals surface area contributed by atoms with Crippen molar-refractivity contribution in [1.29, 1.82) is 0 Å². The van der Waals surface area contributed by atoms with E-state index in [1.54, 1.807) is 0 Å². The van der Waals surface area contributed by atoms with Crippen LogP contribution in [0.5, 0.6) is 0 Å². The highest BCUT2D eigenvalue weighted by molar-refractivity contribution is 4.80. The van der Waals surface area contributed by atoms with Crippen LogP contribution in [-0.4, -0.2) is 23.4 Å². The van der Waals surface area contributed by atoms with Crippen LogP contribution in [0.4, 0.5) is 0 Å². The van der Waals surface area contributed by atoms with Gasteiger partial charge >= 0.3 is 0 Å². The van der Waals surface area contributed by atoms with E-state index < -0.39 is 6.10 Å². The standard InChI is InChI=1S/C12H26O2/c1-8(2)14-10(4)11(13)9(3)12(5,6)7/h8-11,13H,1-7H3. The summed E-state index contributed by atoms with van der Waals surface area (Å²) >= 11 is 0. The first kappa shape index (κ1) is 13.9. The minimum Gasteiger partial charge on any atom is -0.390 e. The van der Waals surface area contributed by atoms with Crippen LogP contribution in [0.1, 0.15) is 48.5 Å².